The molecule has 108 valence electrons. The number of rotatable bonds is 6. The van der Waals surface area contributed by atoms with Crippen LogP contribution in [0.2, 0.25) is 0 Å². The normalized spacial score (nSPS) is 11.3. The number of hydrogen-bond acceptors (Lipinski definition) is 3. The van der Waals surface area contributed by atoms with Crippen LogP contribution in [0.3, 0.4) is 0 Å². The predicted octanol–water partition coefficient (Wildman–Crippen LogP) is 0.871. The van der Waals surface area contributed by atoms with Gasteiger partial charge in [0.1, 0.15) is 10.1 Å². The summed E-state index contributed by atoms with van der Waals surface area (Å²) in [5.41, 5.74) is 1.22. The number of benzene rings is 2. The first-order valence-electron chi connectivity index (χ1n) is 7.00. The molecule has 0 radical (unpaired) electrons. The smallest absolute Gasteiger partial charge is 0.744 e. The van der Waals surface area contributed by atoms with Crippen LogP contribution in [-0.4, -0.2) is 13.0 Å². The van der Waals surface area contributed by atoms with E-state index < -0.39 is 10.1 Å². The van der Waals surface area contributed by atoms with Crippen LogP contribution in [0, 0.1) is 0 Å². The first-order valence-corrected chi connectivity index (χ1v) is 8.41. The molecule has 0 unspecified atom stereocenters. The Bertz CT molecular complexity index is 696. The van der Waals surface area contributed by atoms with E-state index in [9.17, 15) is 13.0 Å². The summed E-state index contributed by atoms with van der Waals surface area (Å²) >= 11 is 0. The minimum Gasteiger partial charge on any atom is -0.744 e. The zero-order valence-electron chi connectivity index (χ0n) is 12.6. The van der Waals surface area contributed by atoms with Gasteiger partial charge in [-0.2, -0.15) is 0 Å². The Morgan fingerprint density at radius 3 is 2.48 bits per heavy atom. The molecular formula is C16H19KO3S. The van der Waals surface area contributed by atoms with Crippen molar-refractivity contribution in [3.05, 3.63) is 42.0 Å². The molecule has 0 N–H and O–H groups in total. The molecule has 0 saturated heterocycles. The molecule has 0 aliphatic carbocycles. The van der Waals surface area contributed by atoms with Gasteiger partial charge in [0.2, 0.25) is 0 Å². The fourth-order valence-corrected chi connectivity index (χ4v) is 2.95. The summed E-state index contributed by atoms with van der Waals surface area (Å²) in [5.74, 6) is 0. The summed E-state index contributed by atoms with van der Waals surface area (Å²) in [5, 5.41) is 1.85. The standard InChI is InChI=1S/C16H20O3S.K/c1-2-3-4-5-7-13-8-6-9-14-12-15(20(17,18)19)10-11-16(13)14;/h6,8-12H,2-5,7H2,1H3,(H,17,18,19);/q;+1/p-1. The summed E-state index contributed by atoms with van der Waals surface area (Å²) < 4.78 is 33.1. The fraction of sp³-hybridized carbons (Fsp3) is 0.375. The maximum absolute atomic E-state index is 11.0. The molecule has 21 heavy (non-hydrogen) atoms. The van der Waals surface area contributed by atoms with Gasteiger partial charge in [0.25, 0.3) is 0 Å². The van der Waals surface area contributed by atoms with Gasteiger partial charge < -0.3 is 4.55 Å². The SMILES string of the molecule is CCCCCCc1cccc2cc(S(=O)(=O)[O-])ccc12.[K+]. The van der Waals surface area contributed by atoms with E-state index in [2.05, 4.69) is 13.0 Å². The van der Waals surface area contributed by atoms with Gasteiger partial charge in [-0.1, -0.05) is 50.5 Å². The third-order valence-corrected chi connectivity index (χ3v) is 4.36. The average molecular weight is 330 g/mol. The minimum absolute atomic E-state index is 0. The molecule has 0 amide bonds. The van der Waals surface area contributed by atoms with Crippen LogP contribution < -0.4 is 51.4 Å². The summed E-state index contributed by atoms with van der Waals surface area (Å²) in [6.45, 7) is 2.18. The van der Waals surface area contributed by atoms with E-state index in [1.54, 1.807) is 6.07 Å². The number of fused-ring (bicyclic) bond motifs is 1. The van der Waals surface area contributed by atoms with Crippen molar-refractivity contribution < 1.29 is 64.4 Å². The summed E-state index contributed by atoms with van der Waals surface area (Å²) in [6, 6.07) is 10.4. The van der Waals surface area contributed by atoms with Gasteiger partial charge in [-0.05, 0) is 41.3 Å². The second-order valence-electron chi connectivity index (χ2n) is 5.06. The molecule has 2 aromatic carbocycles. The van der Waals surface area contributed by atoms with Gasteiger partial charge in [-0.3, -0.25) is 0 Å². The molecule has 5 heteroatoms. The largest absolute Gasteiger partial charge is 1.00 e. The Balaban J connectivity index is 0.00000220. The number of hydrogen-bond donors (Lipinski definition) is 0. The molecule has 0 aliphatic rings. The monoisotopic (exact) mass is 330 g/mol. The molecule has 0 atom stereocenters. The van der Waals surface area contributed by atoms with Crippen LogP contribution in [0.5, 0.6) is 0 Å². The van der Waals surface area contributed by atoms with E-state index in [4.69, 9.17) is 0 Å². The molecule has 0 bridgehead atoms. The van der Waals surface area contributed by atoms with Crippen molar-refractivity contribution >= 4 is 20.9 Å². The van der Waals surface area contributed by atoms with Gasteiger partial charge in [0.05, 0.1) is 4.90 Å². The predicted molar refractivity (Wildman–Crippen MR) is 79.8 cm³/mol. The average Bonchev–Trinajstić information content (AvgIpc) is 2.42. The van der Waals surface area contributed by atoms with Crippen molar-refractivity contribution in [2.24, 2.45) is 0 Å². The molecule has 0 aliphatic heterocycles. The summed E-state index contributed by atoms with van der Waals surface area (Å²) in [6.07, 6.45) is 5.78. The molecule has 0 heterocycles. The molecule has 0 fully saturated rings. The van der Waals surface area contributed by atoms with Crippen LogP contribution in [0.4, 0.5) is 0 Å². The van der Waals surface area contributed by atoms with Crippen molar-refractivity contribution in [1.82, 2.24) is 0 Å². The first-order chi connectivity index (χ1) is 9.52. The van der Waals surface area contributed by atoms with Crippen molar-refractivity contribution in [3.63, 3.8) is 0 Å². The zero-order chi connectivity index (χ0) is 14.6. The Morgan fingerprint density at radius 1 is 1.05 bits per heavy atom. The number of aryl methyl sites for hydroxylation is 1. The van der Waals surface area contributed by atoms with Crippen LogP contribution in [0.25, 0.3) is 10.8 Å². The van der Waals surface area contributed by atoms with Gasteiger partial charge >= 0.3 is 51.4 Å². The van der Waals surface area contributed by atoms with E-state index in [1.807, 2.05) is 12.1 Å². The second kappa shape index (κ2) is 8.77. The first kappa shape index (κ1) is 19.3. The minimum atomic E-state index is -4.38. The molecule has 0 saturated carbocycles. The van der Waals surface area contributed by atoms with Crippen LogP contribution in [0.1, 0.15) is 38.2 Å². The van der Waals surface area contributed by atoms with Crippen molar-refractivity contribution in [2.75, 3.05) is 0 Å². The van der Waals surface area contributed by atoms with Crippen LogP contribution in [-0.2, 0) is 16.5 Å². The van der Waals surface area contributed by atoms with Gasteiger partial charge in [0.15, 0.2) is 0 Å². The Morgan fingerprint density at radius 2 is 1.81 bits per heavy atom. The quantitative estimate of drug-likeness (QED) is 0.449. The summed E-state index contributed by atoms with van der Waals surface area (Å²) in [7, 11) is -4.38. The van der Waals surface area contributed by atoms with E-state index >= 15 is 0 Å². The Hall–Kier alpha value is 0.246. The fourth-order valence-electron chi connectivity index (χ4n) is 2.44. The molecule has 0 spiro atoms. The van der Waals surface area contributed by atoms with Crippen molar-refractivity contribution in [3.8, 4) is 0 Å². The van der Waals surface area contributed by atoms with Crippen molar-refractivity contribution in [2.45, 2.75) is 43.9 Å². The van der Waals surface area contributed by atoms with Crippen LogP contribution in [0.15, 0.2) is 41.3 Å². The van der Waals surface area contributed by atoms with Crippen LogP contribution >= 0.6 is 0 Å². The van der Waals surface area contributed by atoms with E-state index in [-0.39, 0.29) is 56.3 Å². The van der Waals surface area contributed by atoms with E-state index in [0.29, 0.717) is 0 Å². The second-order valence-corrected chi connectivity index (χ2v) is 6.44. The summed E-state index contributed by atoms with van der Waals surface area (Å²) in [4.78, 5) is -0.159. The third-order valence-electron chi connectivity index (χ3n) is 3.53. The maximum Gasteiger partial charge on any atom is 1.00 e. The van der Waals surface area contributed by atoms with Gasteiger partial charge in [0, 0.05) is 0 Å². The third kappa shape index (κ3) is 5.43. The van der Waals surface area contributed by atoms with E-state index in [0.717, 1.165) is 23.6 Å². The molecule has 2 rings (SSSR count). The maximum atomic E-state index is 11.0. The topological polar surface area (TPSA) is 57.2 Å². The molecule has 0 aromatic heterocycles. The molecule has 3 nitrogen and oxygen atoms in total. The number of unbranched alkanes of at least 4 members (excludes halogenated alkanes) is 3. The van der Waals surface area contributed by atoms with Gasteiger partial charge in [-0.15, -0.1) is 0 Å². The zero-order valence-corrected chi connectivity index (χ0v) is 16.6. The Labute approximate surface area is 169 Å². The molecule has 2 aromatic rings. The Kier molecular flexibility index (Phi) is 8.06. The van der Waals surface area contributed by atoms with Gasteiger partial charge in [-0.25, -0.2) is 8.42 Å². The molecular weight excluding hydrogens is 311 g/mol. The van der Waals surface area contributed by atoms with Crippen molar-refractivity contribution in [1.29, 1.82) is 0 Å². The van der Waals surface area contributed by atoms with E-state index in [1.165, 1.54) is 37.0 Å².